The highest BCUT2D eigenvalue weighted by molar-refractivity contribution is 5.77. The molecule has 0 bridgehead atoms. The monoisotopic (exact) mass is 288 g/mol. The summed E-state index contributed by atoms with van der Waals surface area (Å²) in [6, 6.07) is 7.36. The average molecular weight is 288 g/mol. The summed E-state index contributed by atoms with van der Waals surface area (Å²) in [6.45, 7) is 3.78. The number of nitrogens with zero attached hydrogens (tertiary/aromatic N) is 2. The Balaban J connectivity index is 1.93. The van der Waals surface area contributed by atoms with Crippen LogP contribution in [0.2, 0.25) is 0 Å². The van der Waals surface area contributed by atoms with Crippen LogP contribution in [0, 0.1) is 11.3 Å². The number of aromatic nitrogens is 2. The molecule has 1 saturated carbocycles. The van der Waals surface area contributed by atoms with E-state index in [1.165, 1.54) is 0 Å². The van der Waals surface area contributed by atoms with Gasteiger partial charge in [0.15, 0.2) is 0 Å². The second-order valence-electron chi connectivity index (χ2n) is 5.77. The average Bonchev–Trinajstić information content (AvgIpc) is 2.84. The molecule has 1 aromatic heterocycles. The van der Waals surface area contributed by atoms with E-state index in [9.17, 15) is 9.90 Å². The van der Waals surface area contributed by atoms with Gasteiger partial charge in [-0.2, -0.15) is 4.98 Å². The number of para-hydroxylation sites is 1. The Morgan fingerprint density at radius 1 is 1.38 bits per heavy atom. The highest BCUT2D eigenvalue weighted by Gasteiger charge is 2.65. The molecule has 3 rings (SSSR count). The molecule has 110 valence electrons. The van der Waals surface area contributed by atoms with Crippen molar-refractivity contribution in [1.29, 1.82) is 0 Å². The predicted octanol–water partition coefficient (Wildman–Crippen LogP) is 2.57. The molecular formula is C15H16N2O4. The molecule has 0 amide bonds. The quantitative estimate of drug-likeness (QED) is 0.930. The fourth-order valence-electron chi connectivity index (χ4n) is 2.86. The van der Waals surface area contributed by atoms with Crippen LogP contribution in [0.4, 0.5) is 0 Å². The van der Waals surface area contributed by atoms with E-state index in [2.05, 4.69) is 10.1 Å². The van der Waals surface area contributed by atoms with Gasteiger partial charge in [0.25, 0.3) is 0 Å². The Bertz CT molecular complexity index is 692. The van der Waals surface area contributed by atoms with Crippen LogP contribution in [0.25, 0.3) is 11.4 Å². The molecule has 0 radical (unpaired) electrons. The van der Waals surface area contributed by atoms with Crippen molar-refractivity contribution in [2.75, 3.05) is 7.11 Å². The Kier molecular flexibility index (Phi) is 2.97. The van der Waals surface area contributed by atoms with Crippen LogP contribution in [0.3, 0.4) is 0 Å². The van der Waals surface area contributed by atoms with Gasteiger partial charge in [-0.1, -0.05) is 31.1 Å². The summed E-state index contributed by atoms with van der Waals surface area (Å²) < 4.78 is 10.5. The van der Waals surface area contributed by atoms with E-state index < -0.39 is 11.9 Å². The number of hydrogen-bond acceptors (Lipinski definition) is 5. The largest absolute Gasteiger partial charge is 0.496 e. The van der Waals surface area contributed by atoms with Gasteiger partial charge in [0, 0.05) is 0 Å². The van der Waals surface area contributed by atoms with Crippen molar-refractivity contribution < 1.29 is 19.2 Å². The molecule has 0 spiro atoms. The maximum absolute atomic E-state index is 11.2. The molecule has 6 nitrogen and oxygen atoms in total. The van der Waals surface area contributed by atoms with E-state index in [4.69, 9.17) is 9.26 Å². The van der Waals surface area contributed by atoms with Crippen molar-refractivity contribution in [2.24, 2.45) is 11.3 Å². The SMILES string of the molecule is COc1ccccc1-c1noc(C2C(C(=O)O)C2(C)C)n1. The van der Waals surface area contributed by atoms with Crippen molar-refractivity contribution >= 4 is 5.97 Å². The normalized spacial score (nSPS) is 22.8. The van der Waals surface area contributed by atoms with Gasteiger partial charge in [-0.25, -0.2) is 0 Å². The molecule has 21 heavy (non-hydrogen) atoms. The molecule has 1 aliphatic rings. The number of benzene rings is 1. The van der Waals surface area contributed by atoms with Gasteiger partial charge in [-0.15, -0.1) is 0 Å². The lowest BCUT2D eigenvalue weighted by atomic mass is 10.1. The standard InChI is InChI=1S/C15H16N2O4/c1-15(2)10(11(15)14(18)19)13-16-12(17-21-13)8-6-4-5-7-9(8)20-3/h4-7,10-11H,1-3H3,(H,18,19). The maximum atomic E-state index is 11.2. The van der Waals surface area contributed by atoms with Gasteiger partial charge in [0.2, 0.25) is 11.7 Å². The van der Waals surface area contributed by atoms with Gasteiger partial charge < -0.3 is 14.4 Å². The second-order valence-corrected chi connectivity index (χ2v) is 5.77. The summed E-state index contributed by atoms with van der Waals surface area (Å²) in [5.74, 6) is -0.131. The molecule has 1 N–H and O–H groups in total. The fourth-order valence-corrected chi connectivity index (χ4v) is 2.86. The summed E-state index contributed by atoms with van der Waals surface area (Å²) in [7, 11) is 1.57. The second kappa shape index (κ2) is 4.58. The third-order valence-electron chi connectivity index (χ3n) is 4.15. The minimum Gasteiger partial charge on any atom is -0.496 e. The smallest absolute Gasteiger partial charge is 0.307 e. The van der Waals surface area contributed by atoms with Crippen LogP contribution in [-0.2, 0) is 4.79 Å². The van der Waals surface area contributed by atoms with Gasteiger partial charge in [0.1, 0.15) is 5.75 Å². The van der Waals surface area contributed by atoms with Crippen molar-refractivity contribution in [3.05, 3.63) is 30.2 Å². The zero-order valence-electron chi connectivity index (χ0n) is 12.0. The molecule has 1 heterocycles. The number of rotatable bonds is 4. The Hall–Kier alpha value is -2.37. The first-order chi connectivity index (χ1) is 9.96. The highest BCUT2D eigenvalue weighted by Crippen LogP contribution is 2.64. The van der Waals surface area contributed by atoms with Gasteiger partial charge in [0.05, 0.1) is 24.5 Å². The number of hydrogen-bond donors (Lipinski definition) is 1. The van der Waals surface area contributed by atoms with Crippen LogP contribution >= 0.6 is 0 Å². The summed E-state index contributed by atoms with van der Waals surface area (Å²) in [5, 5.41) is 13.2. The van der Waals surface area contributed by atoms with Crippen molar-refractivity contribution in [3.8, 4) is 17.1 Å². The first-order valence-corrected chi connectivity index (χ1v) is 6.66. The molecule has 1 aromatic carbocycles. The number of aliphatic carboxylic acids is 1. The first-order valence-electron chi connectivity index (χ1n) is 6.66. The minimum atomic E-state index is -0.831. The molecule has 6 heteroatoms. The van der Waals surface area contributed by atoms with E-state index in [0.717, 1.165) is 5.56 Å². The number of carboxylic acids is 1. The Morgan fingerprint density at radius 3 is 2.71 bits per heavy atom. The lowest BCUT2D eigenvalue weighted by Gasteiger charge is -2.03. The van der Waals surface area contributed by atoms with E-state index in [1.54, 1.807) is 7.11 Å². The third-order valence-corrected chi connectivity index (χ3v) is 4.15. The summed E-state index contributed by atoms with van der Waals surface area (Å²) in [4.78, 5) is 15.6. The Morgan fingerprint density at radius 2 is 2.10 bits per heavy atom. The fraction of sp³-hybridized carbons (Fsp3) is 0.400. The van der Waals surface area contributed by atoms with Crippen LogP contribution < -0.4 is 4.74 Å². The van der Waals surface area contributed by atoms with Gasteiger partial charge in [-0.05, 0) is 17.5 Å². The van der Waals surface area contributed by atoms with Crippen LogP contribution in [0.1, 0.15) is 25.7 Å². The van der Waals surface area contributed by atoms with Crippen molar-refractivity contribution in [1.82, 2.24) is 10.1 Å². The highest BCUT2D eigenvalue weighted by atomic mass is 16.5. The molecule has 2 atom stereocenters. The van der Waals surface area contributed by atoms with Crippen LogP contribution in [0.5, 0.6) is 5.75 Å². The molecule has 2 aromatic rings. The molecule has 1 aliphatic carbocycles. The van der Waals surface area contributed by atoms with E-state index in [0.29, 0.717) is 17.5 Å². The van der Waals surface area contributed by atoms with Crippen molar-refractivity contribution in [3.63, 3.8) is 0 Å². The first kappa shape index (κ1) is 13.6. The lowest BCUT2D eigenvalue weighted by molar-refractivity contribution is -0.139. The van der Waals surface area contributed by atoms with Crippen LogP contribution in [0.15, 0.2) is 28.8 Å². The summed E-state index contributed by atoms with van der Waals surface area (Å²) in [5.41, 5.74) is 0.358. The summed E-state index contributed by atoms with van der Waals surface area (Å²) in [6.07, 6.45) is 0. The Labute approximate surface area is 121 Å². The van der Waals surface area contributed by atoms with Crippen molar-refractivity contribution in [2.45, 2.75) is 19.8 Å². The molecule has 2 unspecified atom stereocenters. The molecule has 0 saturated heterocycles. The van der Waals surface area contributed by atoms with Gasteiger partial charge >= 0.3 is 5.97 Å². The maximum Gasteiger partial charge on any atom is 0.307 e. The van der Waals surface area contributed by atoms with Crippen LogP contribution in [-0.4, -0.2) is 28.3 Å². The minimum absolute atomic E-state index is 0.244. The molecular weight excluding hydrogens is 272 g/mol. The number of ether oxygens (including phenoxy) is 1. The zero-order chi connectivity index (χ0) is 15.2. The molecule has 1 fully saturated rings. The van der Waals surface area contributed by atoms with E-state index in [1.807, 2.05) is 38.1 Å². The third kappa shape index (κ3) is 2.07. The van der Waals surface area contributed by atoms with E-state index >= 15 is 0 Å². The number of carbonyl (C=O) groups is 1. The predicted molar refractivity (Wildman–Crippen MR) is 73.9 cm³/mol. The number of carboxylic acid groups (broad SMARTS) is 1. The van der Waals surface area contributed by atoms with E-state index in [-0.39, 0.29) is 11.3 Å². The zero-order valence-corrected chi connectivity index (χ0v) is 12.0. The summed E-state index contributed by atoms with van der Waals surface area (Å²) >= 11 is 0. The lowest BCUT2D eigenvalue weighted by Crippen LogP contribution is -2.03. The molecule has 0 aliphatic heterocycles. The number of methoxy groups -OCH3 is 1. The van der Waals surface area contributed by atoms with Gasteiger partial charge in [-0.3, -0.25) is 4.79 Å². The topological polar surface area (TPSA) is 85.5 Å².